The molecule has 1 amide bonds. The van der Waals surface area contributed by atoms with Crippen LogP contribution in [0, 0.1) is 5.41 Å². The summed E-state index contributed by atoms with van der Waals surface area (Å²) in [5.41, 5.74) is 0.430. The molecule has 0 unspecified atom stereocenters. The van der Waals surface area contributed by atoms with Gasteiger partial charge >= 0.3 is 5.97 Å². The van der Waals surface area contributed by atoms with Crippen LogP contribution in [0.1, 0.15) is 38.4 Å². The minimum absolute atomic E-state index is 0.00185. The number of aliphatic hydroxyl groups excluding tert-OH is 1. The Morgan fingerprint density at radius 3 is 2.65 bits per heavy atom. The number of amides is 1. The Labute approximate surface area is 138 Å². The Kier molecular flexibility index (Phi) is 7.56. The number of thiophene rings is 1. The number of carbonyl (C=O) groups is 3. The Morgan fingerprint density at radius 2 is 2.13 bits per heavy atom. The second-order valence-corrected chi connectivity index (χ2v) is 5.94. The SMILES string of the molecule is CC(C)OC(=O)[C@H](CCC(=O)C=N)NC(=O)[C@H](O)c1ccsc1. The number of hydrogen-bond donors (Lipinski definition) is 3. The Morgan fingerprint density at radius 1 is 1.43 bits per heavy atom. The molecule has 0 aliphatic carbocycles. The molecular weight excluding hydrogens is 320 g/mol. The highest BCUT2D eigenvalue weighted by molar-refractivity contribution is 7.08. The van der Waals surface area contributed by atoms with E-state index in [0.29, 0.717) is 11.8 Å². The molecule has 1 aromatic rings. The first kappa shape index (κ1) is 19.0. The van der Waals surface area contributed by atoms with Gasteiger partial charge in [-0.3, -0.25) is 9.59 Å². The molecule has 0 aromatic carbocycles. The number of esters is 1. The van der Waals surface area contributed by atoms with Gasteiger partial charge in [0.1, 0.15) is 6.04 Å². The molecule has 0 saturated heterocycles. The second-order valence-electron chi connectivity index (χ2n) is 5.16. The smallest absolute Gasteiger partial charge is 0.328 e. The first-order valence-electron chi connectivity index (χ1n) is 7.09. The summed E-state index contributed by atoms with van der Waals surface area (Å²) in [5.74, 6) is -1.87. The van der Waals surface area contributed by atoms with Gasteiger partial charge in [0.2, 0.25) is 0 Å². The maximum atomic E-state index is 12.1. The number of aliphatic hydroxyl groups is 1. The zero-order valence-corrected chi connectivity index (χ0v) is 13.8. The maximum absolute atomic E-state index is 12.1. The summed E-state index contributed by atoms with van der Waals surface area (Å²) >= 11 is 1.33. The first-order valence-corrected chi connectivity index (χ1v) is 8.03. The monoisotopic (exact) mass is 340 g/mol. The Balaban J connectivity index is 2.74. The summed E-state index contributed by atoms with van der Waals surface area (Å²) < 4.78 is 5.05. The van der Waals surface area contributed by atoms with E-state index < -0.39 is 29.8 Å². The van der Waals surface area contributed by atoms with Crippen molar-refractivity contribution in [2.24, 2.45) is 0 Å². The van der Waals surface area contributed by atoms with E-state index >= 15 is 0 Å². The molecule has 23 heavy (non-hydrogen) atoms. The standard InChI is InChI=1S/C15H20N2O5S/c1-9(2)22-15(21)12(4-3-11(18)7-16)17-14(20)13(19)10-5-6-23-8-10/h5-9,12-13,16,19H,3-4H2,1-2H3,(H,17,20)/t12-,13+/m0/s1. The van der Waals surface area contributed by atoms with Gasteiger partial charge in [-0.2, -0.15) is 11.3 Å². The van der Waals surface area contributed by atoms with E-state index in [1.54, 1.807) is 30.7 Å². The molecule has 1 aromatic heterocycles. The topological polar surface area (TPSA) is 117 Å². The van der Waals surface area contributed by atoms with Gasteiger partial charge in [-0.25, -0.2) is 4.79 Å². The van der Waals surface area contributed by atoms with E-state index in [1.165, 1.54) is 11.3 Å². The van der Waals surface area contributed by atoms with Crippen molar-refractivity contribution < 1.29 is 24.2 Å². The second kappa shape index (κ2) is 9.16. The van der Waals surface area contributed by atoms with Crippen molar-refractivity contribution in [3.8, 4) is 0 Å². The van der Waals surface area contributed by atoms with Crippen LogP contribution in [0.3, 0.4) is 0 Å². The van der Waals surface area contributed by atoms with Gasteiger partial charge in [-0.1, -0.05) is 0 Å². The van der Waals surface area contributed by atoms with Gasteiger partial charge < -0.3 is 20.6 Å². The van der Waals surface area contributed by atoms with Crippen LogP contribution in [-0.2, 0) is 19.1 Å². The molecular formula is C15H20N2O5S. The predicted molar refractivity (Wildman–Crippen MR) is 85.5 cm³/mol. The zero-order chi connectivity index (χ0) is 17.4. The highest BCUT2D eigenvalue weighted by atomic mass is 32.1. The van der Waals surface area contributed by atoms with Gasteiger partial charge in [0.15, 0.2) is 11.9 Å². The molecule has 0 spiro atoms. The molecule has 1 rings (SSSR count). The Hall–Kier alpha value is -2.06. The fourth-order valence-electron chi connectivity index (χ4n) is 1.75. The normalized spacial score (nSPS) is 13.2. The predicted octanol–water partition coefficient (Wildman–Crippen LogP) is 1.22. The van der Waals surface area contributed by atoms with Crippen molar-refractivity contribution in [3.05, 3.63) is 22.4 Å². The molecule has 0 bridgehead atoms. The summed E-state index contributed by atoms with van der Waals surface area (Å²) in [7, 11) is 0. The minimum Gasteiger partial charge on any atom is -0.461 e. The summed E-state index contributed by atoms with van der Waals surface area (Å²) in [4.78, 5) is 35.3. The highest BCUT2D eigenvalue weighted by Crippen LogP contribution is 2.17. The lowest BCUT2D eigenvalue weighted by molar-refractivity contribution is -0.152. The molecule has 1 heterocycles. The fraction of sp³-hybridized carbons (Fsp3) is 0.467. The van der Waals surface area contributed by atoms with Gasteiger partial charge in [-0.15, -0.1) is 0 Å². The zero-order valence-electron chi connectivity index (χ0n) is 12.9. The maximum Gasteiger partial charge on any atom is 0.328 e. The van der Waals surface area contributed by atoms with Crippen LogP contribution in [0.4, 0.5) is 0 Å². The molecule has 8 heteroatoms. The summed E-state index contributed by atoms with van der Waals surface area (Å²) in [6.45, 7) is 3.33. The molecule has 2 atom stereocenters. The molecule has 0 saturated carbocycles. The van der Waals surface area contributed by atoms with Gasteiger partial charge in [0.25, 0.3) is 5.91 Å². The lowest BCUT2D eigenvalue weighted by Gasteiger charge is -2.20. The van der Waals surface area contributed by atoms with Crippen molar-refractivity contribution in [3.63, 3.8) is 0 Å². The van der Waals surface area contributed by atoms with Crippen LogP contribution < -0.4 is 5.32 Å². The van der Waals surface area contributed by atoms with Crippen LogP contribution in [0.15, 0.2) is 16.8 Å². The summed E-state index contributed by atoms with van der Waals surface area (Å²) in [6, 6.07) is 0.552. The van der Waals surface area contributed by atoms with E-state index in [4.69, 9.17) is 10.1 Å². The largest absolute Gasteiger partial charge is 0.461 e. The number of rotatable bonds is 9. The molecule has 126 valence electrons. The van der Waals surface area contributed by atoms with Crippen molar-refractivity contribution >= 4 is 35.2 Å². The first-order chi connectivity index (χ1) is 10.8. The van der Waals surface area contributed by atoms with Crippen LogP contribution in [0.5, 0.6) is 0 Å². The van der Waals surface area contributed by atoms with E-state index in [9.17, 15) is 19.5 Å². The van der Waals surface area contributed by atoms with E-state index in [-0.39, 0.29) is 18.9 Å². The minimum atomic E-state index is -1.39. The number of Topliss-reactive ketones (excluding diaryl/α,β-unsaturated/α-hetero) is 1. The van der Waals surface area contributed by atoms with Gasteiger partial charge in [0.05, 0.1) is 12.3 Å². The van der Waals surface area contributed by atoms with Crippen molar-refractivity contribution in [1.29, 1.82) is 5.41 Å². The van der Waals surface area contributed by atoms with Crippen LogP contribution in [-0.4, -0.2) is 41.1 Å². The quantitative estimate of drug-likeness (QED) is 0.461. The third-order valence-corrected chi connectivity index (χ3v) is 3.60. The summed E-state index contributed by atoms with van der Waals surface area (Å²) in [5, 5.41) is 22.6. The summed E-state index contributed by atoms with van der Waals surface area (Å²) in [6.07, 6.45) is -1.18. The number of carbonyl (C=O) groups excluding carboxylic acids is 3. The number of hydrogen-bond acceptors (Lipinski definition) is 7. The number of nitrogens with one attached hydrogen (secondary N) is 2. The van der Waals surface area contributed by atoms with Crippen molar-refractivity contribution in [2.45, 2.75) is 44.9 Å². The number of ketones is 1. The lowest BCUT2D eigenvalue weighted by atomic mass is 10.1. The molecule has 3 N–H and O–H groups in total. The van der Waals surface area contributed by atoms with Gasteiger partial charge in [0, 0.05) is 12.0 Å². The number of ether oxygens (including phenoxy) is 1. The molecule has 0 aliphatic heterocycles. The molecule has 7 nitrogen and oxygen atoms in total. The van der Waals surface area contributed by atoms with E-state index in [2.05, 4.69) is 5.32 Å². The van der Waals surface area contributed by atoms with E-state index in [0.717, 1.165) is 0 Å². The highest BCUT2D eigenvalue weighted by Gasteiger charge is 2.27. The lowest BCUT2D eigenvalue weighted by Crippen LogP contribution is -2.44. The van der Waals surface area contributed by atoms with Crippen LogP contribution in [0.2, 0.25) is 0 Å². The fourth-order valence-corrected chi connectivity index (χ4v) is 2.43. The average molecular weight is 340 g/mol. The molecule has 0 aliphatic rings. The van der Waals surface area contributed by atoms with Crippen LogP contribution >= 0.6 is 11.3 Å². The third kappa shape index (κ3) is 6.29. The third-order valence-electron chi connectivity index (χ3n) is 2.90. The average Bonchev–Trinajstić information content (AvgIpc) is 3.03. The van der Waals surface area contributed by atoms with Crippen molar-refractivity contribution in [1.82, 2.24) is 5.32 Å². The molecule has 0 radical (unpaired) electrons. The Bertz CT molecular complexity index is 556. The van der Waals surface area contributed by atoms with E-state index in [1.807, 2.05) is 0 Å². The molecule has 0 fully saturated rings. The van der Waals surface area contributed by atoms with Crippen LogP contribution in [0.25, 0.3) is 0 Å². The van der Waals surface area contributed by atoms with Gasteiger partial charge in [-0.05, 0) is 37.1 Å². The van der Waals surface area contributed by atoms with Crippen molar-refractivity contribution in [2.75, 3.05) is 0 Å².